The first-order chi connectivity index (χ1) is 9.48. The number of unbranched alkanes of at least 4 members (excludes halogenated alkanes) is 1. The molecule has 0 aliphatic heterocycles. The molecule has 0 heterocycles. The van der Waals surface area contributed by atoms with Crippen LogP contribution in [0.5, 0.6) is 0 Å². The van der Waals surface area contributed by atoms with Crippen LogP contribution in [0.25, 0.3) is 0 Å². The van der Waals surface area contributed by atoms with Gasteiger partial charge in [-0.3, -0.25) is 0 Å². The van der Waals surface area contributed by atoms with E-state index in [1.165, 1.54) is 0 Å². The van der Waals surface area contributed by atoms with E-state index < -0.39 is 18.8 Å². The minimum atomic E-state index is -4.96. The molecule has 0 rings (SSSR count). The van der Waals surface area contributed by atoms with Crippen molar-refractivity contribution in [2.45, 2.75) is 25.9 Å². The quantitative estimate of drug-likeness (QED) is 0.407. The standard InChI is InChI=1S/C12H21F3O5/c1-2-3-4-17-5-6-18-7-8-19-9-10-20-11(16)12(13,14)15/h2-10H2,1H3. The van der Waals surface area contributed by atoms with E-state index in [-0.39, 0.29) is 13.2 Å². The average molecular weight is 302 g/mol. The lowest BCUT2D eigenvalue weighted by atomic mass is 10.4. The smallest absolute Gasteiger partial charge is 0.457 e. The molecule has 8 heteroatoms. The number of rotatable bonds is 12. The Morgan fingerprint density at radius 3 is 1.75 bits per heavy atom. The first kappa shape index (κ1) is 19.1. The lowest BCUT2D eigenvalue weighted by molar-refractivity contribution is -0.200. The predicted octanol–water partition coefficient (Wildman–Crippen LogP) is 1.94. The van der Waals surface area contributed by atoms with Crippen LogP contribution in [0, 0.1) is 0 Å². The molecule has 0 saturated heterocycles. The molecule has 0 bridgehead atoms. The van der Waals surface area contributed by atoms with Gasteiger partial charge in [-0.15, -0.1) is 0 Å². The van der Waals surface area contributed by atoms with E-state index in [9.17, 15) is 18.0 Å². The van der Waals surface area contributed by atoms with Crippen LogP contribution in [0.15, 0.2) is 0 Å². The van der Waals surface area contributed by atoms with E-state index in [4.69, 9.17) is 14.2 Å². The zero-order valence-electron chi connectivity index (χ0n) is 11.5. The van der Waals surface area contributed by atoms with Crippen molar-refractivity contribution < 1.29 is 36.9 Å². The zero-order chi connectivity index (χ0) is 15.3. The molecule has 0 saturated carbocycles. The van der Waals surface area contributed by atoms with Gasteiger partial charge in [0.1, 0.15) is 6.61 Å². The van der Waals surface area contributed by atoms with Gasteiger partial charge in [0.25, 0.3) is 0 Å². The Kier molecular flexibility index (Phi) is 11.4. The second kappa shape index (κ2) is 11.9. The van der Waals surface area contributed by atoms with Gasteiger partial charge in [0.05, 0.1) is 33.0 Å². The second-order valence-corrected chi connectivity index (χ2v) is 3.82. The summed E-state index contributed by atoms with van der Waals surface area (Å²) in [6.45, 7) is 3.73. The summed E-state index contributed by atoms with van der Waals surface area (Å²) in [6.07, 6.45) is -2.87. The lowest BCUT2D eigenvalue weighted by Crippen LogP contribution is -2.26. The summed E-state index contributed by atoms with van der Waals surface area (Å²) in [5, 5.41) is 0. The normalized spacial score (nSPS) is 11.6. The predicted molar refractivity (Wildman–Crippen MR) is 64.4 cm³/mol. The molecule has 5 nitrogen and oxygen atoms in total. The van der Waals surface area contributed by atoms with Gasteiger partial charge in [0, 0.05) is 6.61 Å². The maximum atomic E-state index is 11.7. The van der Waals surface area contributed by atoms with Crippen LogP contribution in [0.3, 0.4) is 0 Å². The van der Waals surface area contributed by atoms with Gasteiger partial charge in [-0.25, -0.2) is 4.79 Å². The van der Waals surface area contributed by atoms with Crippen LogP contribution >= 0.6 is 0 Å². The molecule has 0 unspecified atom stereocenters. The van der Waals surface area contributed by atoms with E-state index in [0.717, 1.165) is 12.8 Å². The SMILES string of the molecule is CCCCOCCOCCOCCOC(=O)C(F)(F)F. The monoisotopic (exact) mass is 302 g/mol. The molecule has 0 aliphatic carbocycles. The number of carbonyl (C=O) groups is 1. The van der Waals surface area contributed by atoms with Crippen LogP contribution in [-0.2, 0) is 23.7 Å². The Bertz CT molecular complexity index is 246. The third-order valence-corrected chi connectivity index (χ3v) is 2.08. The summed E-state index contributed by atoms with van der Waals surface area (Å²) >= 11 is 0. The lowest BCUT2D eigenvalue weighted by Gasteiger charge is -2.08. The Morgan fingerprint density at radius 1 is 0.850 bits per heavy atom. The van der Waals surface area contributed by atoms with Gasteiger partial charge in [-0.1, -0.05) is 13.3 Å². The fourth-order valence-corrected chi connectivity index (χ4v) is 1.06. The number of hydrogen-bond donors (Lipinski definition) is 0. The molecule has 0 aliphatic rings. The van der Waals surface area contributed by atoms with Crippen molar-refractivity contribution in [3.8, 4) is 0 Å². The third-order valence-electron chi connectivity index (χ3n) is 2.08. The molecule has 0 fully saturated rings. The zero-order valence-corrected chi connectivity index (χ0v) is 11.5. The van der Waals surface area contributed by atoms with Gasteiger partial charge < -0.3 is 18.9 Å². The summed E-state index contributed by atoms with van der Waals surface area (Å²) in [4.78, 5) is 10.3. The molecule has 0 aromatic carbocycles. The minimum absolute atomic E-state index is 0.0990. The van der Waals surface area contributed by atoms with Crippen molar-refractivity contribution in [2.24, 2.45) is 0 Å². The molecule has 0 atom stereocenters. The summed E-state index contributed by atoms with van der Waals surface area (Å²) in [5.74, 6) is -2.21. The highest BCUT2D eigenvalue weighted by molar-refractivity contribution is 5.75. The van der Waals surface area contributed by atoms with Crippen LogP contribution in [0.2, 0.25) is 0 Å². The highest BCUT2D eigenvalue weighted by Gasteiger charge is 2.40. The van der Waals surface area contributed by atoms with Gasteiger partial charge in [-0.05, 0) is 6.42 Å². The maximum absolute atomic E-state index is 11.7. The van der Waals surface area contributed by atoms with Gasteiger partial charge in [0.2, 0.25) is 0 Å². The van der Waals surface area contributed by atoms with E-state index >= 15 is 0 Å². The van der Waals surface area contributed by atoms with E-state index in [0.29, 0.717) is 26.4 Å². The number of alkyl halides is 3. The topological polar surface area (TPSA) is 54.0 Å². The van der Waals surface area contributed by atoms with Crippen molar-refractivity contribution in [3.63, 3.8) is 0 Å². The molecular formula is C12H21F3O5. The number of carbonyl (C=O) groups excluding carboxylic acids is 1. The van der Waals surface area contributed by atoms with Crippen LogP contribution in [0.1, 0.15) is 19.8 Å². The van der Waals surface area contributed by atoms with E-state index in [2.05, 4.69) is 11.7 Å². The van der Waals surface area contributed by atoms with Crippen LogP contribution in [-0.4, -0.2) is 58.4 Å². The first-order valence-corrected chi connectivity index (χ1v) is 6.45. The molecule has 0 aromatic rings. The van der Waals surface area contributed by atoms with E-state index in [1.54, 1.807) is 0 Å². The molecule has 0 spiro atoms. The molecule has 0 amide bonds. The fourth-order valence-electron chi connectivity index (χ4n) is 1.06. The summed E-state index contributed by atoms with van der Waals surface area (Å²) in [6, 6.07) is 0. The first-order valence-electron chi connectivity index (χ1n) is 6.45. The van der Waals surface area contributed by atoms with Crippen molar-refractivity contribution in [2.75, 3.05) is 46.2 Å². The highest BCUT2D eigenvalue weighted by Crippen LogP contribution is 2.16. The summed E-state index contributed by atoms with van der Waals surface area (Å²) in [7, 11) is 0. The van der Waals surface area contributed by atoms with E-state index in [1.807, 2.05) is 0 Å². The number of esters is 1. The highest BCUT2D eigenvalue weighted by atomic mass is 19.4. The second-order valence-electron chi connectivity index (χ2n) is 3.82. The van der Waals surface area contributed by atoms with Gasteiger partial charge >= 0.3 is 12.1 Å². The Hall–Kier alpha value is -0.860. The molecule has 0 radical (unpaired) electrons. The molecule has 0 aromatic heterocycles. The largest absolute Gasteiger partial charge is 0.490 e. The molecule has 0 N–H and O–H groups in total. The Labute approximate surface area is 116 Å². The van der Waals surface area contributed by atoms with Crippen molar-refractivity contribution in [1.29, 1.82) is 0 Å². The van der Waals surface area contributed by atoms with Crippen molar-refractivity contribution >= 4 is 5.97 Å². The van der Waals surface area contributed by atoms with Gasteiger partial charge in [-0.2, -0.15) is 13.2 Å². The number of hydrogen-bond acceptors (Lipinski definition) is 5. The van der Waals surface area contributed by atoms with Crippen molar-refractivity contribution in [3.05, 3.63) is 0 Å². The Morgan fingerprint density at radius 2 is 1.30 bits per heavy atom. The number of ether oxygens (including phenoxy) is 4. The summed E-state index contributed by atoms with van der Waals surface area (Å²) < 4.78 is 54.5. The number of halogens is 3. The average Bonchev–Trinajstić information content (AvgIpc) is 2.38. The van der Waals surface area contributed by atoms with Crippen LogP contribution < -0.4 is 0 Å². The third kappa shape index (κ3) is 12.2. The van der Waals surface area contributed by atoms with Crippen molar-refractivity contribution in [1.82, 2.24) is 0 Å². The maximum Gasteiger partial charge on any atom is 0.490 e. The minimum Gasteiger partial charge on any atom is -0.457 e. The van der Waals surface area contributed by atoms with Gasteiger partial charge in [0.15, 0.2) is 0 Å². The molecule has 20 heavy (non-hydrogen) atoms. The fraction of sp³-hybridized carbons (Fsp3) is 0.917. The molecular weight excluding hydrogens is 281 g/mol. The van der Waals surface area contributed by atoms with Crippen LogP contribution in [0.4, 0.5) is 13.2 Å². The molecule has 120 valence electrons. The summed E-state index contributed by atoms with van der Waals surface area (Å²) in [5.41, 5.74) is 0. The Balaban J connectivity index is 3.16.